The van der Waals surface area contributed by atoms with Gasteiger partial charge in [0.1, 0.15) is 11.4 Å². The predicted molar refractivity (Wildman–Crippen MR) is 143 cm³/mol. The zero-order chi connectivity index (χ0) is 28.3. The van der Waals surface area contributed by atoms with E-state index in [0.29, 0.717) is 36.2 Å². The van der Waals surface area contributed by atoms with Gasteiger partial charge in [-0.1, -0.05) is 25.1 Å². The van der Waals surface area contributed by atoms with E-state index in [1.807, 2.05) is 33.9 Å². The van der Waals surface area contributed by atoms with E-state index in [-0.39, 0.29) is 17.9 Å². The molecule has 1 atom stereocenters. The zero-order valence-electron chi connectivity index (χ0n) is 22.9. The van der Waals surface area contributed by atoms with Gasteiger partial charge in [-0.05, 0) is 69.9 Å². The topological polar surface area (TPSA) is 70.0 Å². The van der Waals surface area contributed by atoms with Crippen LogP contribution >= 0.6 is 0 Å². The molecule has 1 saturated heterocycles. The molecule has 7 nitrogen and oxygen atoms in total. The highest BCUT2D eigenvalue weighted by molar-refractivity contribution is 5.99. The van der Waals surface area contributed by atoms with Crippen LogP contribution in [0.25, 0.3) is 11.1 Å². The van der Waals surface area contributed by atoms with Crippen molar-refractivity contribution in [2.45, 2.75) is 58.6 Å². The van der Waals surface area contributed by atoms with Gasteiger partial charge in [-0.2, -0.15) is 0 Å². The lowest BCUT2D eigenvalue weighted by Gasteiger charge is -2.35. The van der Waals surface area contributed by atoms with Crippen LogP contribution in [0.5, 0.6) is 11.5 Å². The fourth-order valence-electron chi connectivity index (χ4n) is 4.87. The highest BCUT2D eigenvalue weighted by Gasteiger charge is 2.32. The van der Waals surface area contributed by atoms with Gasteiger partial charge in [0.2, 0.25) is 0 Å². The molecule has 3 aromatic rings. The second kappa shape index (κ2) is 11.5. The van der Waals surface area contributed by atoms with Gasteiger partial charge in [0.15, 0.2) is 17.4 Å². The molecule has 208 valence electrons. The molecule has 39 heavy (non-hydrogen) atoms. The number of esters is 1. The first-order valence-electron chi connectivity index (χ1n) is 13.0. The van der Waals surface area contributed by atoms with Crippen molar-refractivity contribution in [2.24, 2.45) is 0 Å². The molecular formula is C30H34F2N2O5. The first-order valence-corrected chi connectivity index (χ1v) is 13.0. The molecule has 9 heteroatoms. The second-order valence-electron chi connectivity index (χ2n) is 10.5. The normalized spacial score (nSPS) is 15.7. The molecular weight excluding hydrogens is 506 g/mol. The average Bonchev–Trinajstić information content (AvgIpc) is 3.29. The van der Waals surface area contributed by atoms with Crippen molar-refractivity contribution in [3.8, 4) is 22.6 Å². The highest BCUT2D eigenvalue weighted by Crippen LogP contribution is 2.36. The number of nitrogens with zero attached hydrogens (tertiary/aromatic N) is 2. The van der Waals surface area contributed by atoms with Crippen molar-refractivity contribution in [3.63, 3.8) is 0 Å². The number of methoxy groups -OCH3 is 1. The SMILES string of the molecule is CCc1c(C(=O)OC)c(-c2ccc(Oc3c(F)cccc3F)cc2)cn1[C@@H]1CCCN(C(=O)OC(C)(C)C)C1. The average molecular weight is 541 g/mol. The third-order valence-corrected chi connectivity index (χ3v) is 6.61. The lowest BCUT2D eigenvalue weighted by molar-refractivity contribution is 0.0171. The third-order valence-electron chi connectivity index (χ3n) is 6.61. The molecule has 1 amide bonds. The Morgan fingerprint density at radius 1 is 1.05 bits per heavy atom. The van der Waals surface area contributed by atoms with Gasteiger partial charge in [0.05, 0.1) is 18.7 Å². The molecule has 1 aromatic heterocycles. The molecule has 2 aromatic carbocycles. The number of carbonyl (C=O) groups is 2. The Morgan fingerprint density at radius 3 is 2.31 bits per heavy atom. The fourth-order valence-corrected chi connectivity index (χ4v) is 4.87. The lowest BCUT2D eigenvalue weighted by atomic mass is 10.0. The van der Waals surface area contributed by atoms with Crippen molar-refractivity contribution >= 4 is 12.1 Å². The number of piperidine rings is 1. The van der Waals surface area contributed by atoms with Crippen LogP contribution in [0.3, 0.4) is 0 Å². The Morgan fingerprint density at radius 2 is 1.72 bits per heavy atom. The smallest absolute Gasteiger partial charge is 0.410 e. The molecule has 0 saturated carbocycles. The second-order valence-corrected chi connectivity index (χ2v) is 10.5. The number of benzene rings is 2. The van der Waals surface area contributed by atoms with Gasteiger partial charge in [-0.25, -0.2) is 18.4 Å². The number of likely N-dealkylation sites (tertiary alicyclic amines) is 1. The van der Waals surface area contributed by atoms with Crippen molar-refractivity contribution in [2.75, 3.05) is 20.2 Å². The summed E-state index contributed by atoms with van der Waals surface area (Å²) in [5.74, 6) is -2.30. The zero-order valence-corrected chi connectivity index (χ0v) is 22.9. The summed E-state index contributed by atoms with van der Waals surface area (Å²) in [4.78, 5) is 27.4. The van der Waals surface area contributed by atoms with E-state index in [1.165, 1.54) is 13.2 Å². The Kier molecular flexibility index (Phi) is 8.28. The summed E-state index contributed by atoms with van der Waals surface area (Å²) in [6, 6.07) is 10.1. The minimum absolute atomic E-state index is 0.0509. The van der Waals surface area contributed by atoms with E-state index >= 15 is 0 Å². The van der Waals surface area contributed by atoms with Crippen LogP contribution in [0.2, 0.25) is 0 Å². The van der Waals surface area contributed by atoms with E-state index < -0.39 is 29.0 Å². The molecule has 1 fully saturated rings. The number of halogens is 2. The van der Waals surface area contributed by atoms with Crippen molar-refractivity contribution < 1.29 is 32.6 Å². The van der Waals surface area contributed by atoms with Crippen LogP contribution in [0.1, 0.15) is 62.6 Å². The number of amides is 1. The summed E-state index contributed by atoms with van der Waals surface area (Å²) in [5.41, 5.74) is 2.04. The standard InChI is InChI=1S/C30H34F2N2O5/c1-6-25-26(28(35)37-5)22(18-34(25)20-9-8-16-33(17-20)29(36)39-30(2,3)4)19-12-14-21(15-13-19)38-27-23(31)10-7-11-24(27)32/h7,10-15,18,20H,6,8-9,16-17H2,1-5H3/t20-/m1/s1. The minimum atomic E-state index is -0.801. The molecule has 2 heterocycles. The predicted octanol–water partition coefficient (Wildman–Crippen LogP) is 7.15. The fraction of sp³-hybridized carbons (Fsp3) is 0.400. The first-order chi connectivity index (χ1) is 18.5. The number of aromatic nitrogens is 1. The largest absolute Gasteiger partial charge is 0.465 e. The van der Waals surface area contributed by atoms with Crippen molar-refractivity contribution in [1.29, 1.82) is 0 Å². The van der Waals surface area contributed by atoms with Crippen LogP contribution < -0.4 is 4.74 Å². The van der Waals surface area contributed by atoms with Gasteiger partial charge in [0.25, 0.3) is 0 Å². The number of ether oxygens (including phenoxy) is 3. The molecule has 0 unspecified atom stereocenters. The summed E-state index contributed by atoms with van der Waals surface area (Å²) < 4.78 is 46.3. The summed E-state index contributed by atoms with van der Waals surface area (Å²) in [7, 11) is 1.34. The van der Waals surface area contributed by atoms with Crippen molar-refractivity contribution in [3.05, 3.63) is 71.6 Å². The Hall–Kier alpha value is -3.88. The molecule has 0 aliphatic carbocycles. The minimum Gasteiger partial charge on any atom is -0.465 e. The summed E-state index contributed by atoms with van der Waals surface area (Å²) in [5, 5.41) is 0. The van der Waals surface area contributed by atoms with E-state index in [1.54, 1.807) is 29.2 Å². The van der Waals surface area contributed by atoms with Crippen LogP contribution in [-0.4, -0.2) is 47.3 Å². The van der Waals surface area contributed by atoms with Gasteiger partial charge in [0, 0.05) is 30.5 Å². The summed E-state index contributed by atoms with van der Waals surface area (Å²) >= 11 is 0. The van der Waals surface area contributed by atoms with Gasteiger partial charge < -0.3 is 23.7 Å². The van der Waals surface area contributed by atoms with Gasteiger partial charge in [-0.15, -0.1) is 0 Å². The lowest BCUT2D eigenvalue weighted by Crippen LogP contribution is -2.43. The summed E-state index contributed by atoms with van der Waals surface area (Å²) in [6.07, 6.45) is 3.77. The quantitative estimate of drug-likeness (QED) is 0.311. The number of hydrogen-bond donors (Lipinski definition) is 0. The number of para-hydroxylation sites is 1. The molecule has 0 bridgehead atoms. The van der Waals surface area contributed by atoms with E-state index in [4.69, 9.17) is 14.2 Å². The first kappa shape index (κ1) is 28.1. The number of carbonyl (C=O) groups excluding carboxylic acids is 2. The molecule has 0 N–H and O–H groups in total. The Labute approximate surface area is 227 Å². The van der Waals surface area contributed by atoms with Crippen LogP contribution in [0.4, 0.5) is 13.6 Å². The molecule has 1 aliphatic rings. The Balaban J connectivity index is 1.66. The van der Waals surface area contributed by atoms with Crippen molar-refractivity contribution in [1.82, 2.24) is 9.47 Å². The molecule has 1 aliphatic heterocycles. The van der Waals surface area contributed by atoms with Crippen LogP contribution in [-0.2, 0) is 15.9 Å². The maximum Gasteiger partial charge on any atom is 0.410 e. The van der Waals surface area contributed by atoms with Gasteiger partial charge >= 0.3 is 12.1 Å². The number of hydrogen-bond acceptors (Lipinski definition) is 5. The third kappa shape index (κ3) is 6.24. The molecule has 0 radical (unpaired) electrons. The van der Waals surface area contributed by atoms with E-state index in [9.17, 15) is 18.4 Å². The van der Waals surface area contributed by atoms with Crippen LogP contribution in [0.15, 0.2) is 48.7 Å². The highest BCUT2D eigenvalue weighted by atomic mass is 19.1. The summed E-state index contributed by atoms with van der Waals surface area (Å²) in [6.45, 7) is 8.55. The van der Waals surface area contributed by atoms with E-state index in [2.05, 4.69) is 4.57 Å². The molecule has 0 spiro atoms. The van der Waals surface area contributed by atoms with E-state index in [0.717, 1.165) is 30.7 Å². The maximum absolute atomic E-state index is 14.0. The Bertz CT molecular complexity index is 1320. The molecule has 4 rings (SSSR count). The number of rotatable bonds is 6. The van der Waals surface area contributed by atoms with Gasteiger partial charge in [-0.3, -0.25) is 0 Å². The maximum atomic E-state index is 14.0. The monoisotopic (exact) mass is 540 g/mol. The van der Waals surface area contributed by atoms with Crippen LogP contribution in [0, 0.1) is 11.6 Å².